The van der Waals surface area contributed by atoms with E-state index in [2.05, 4.69) is 4.72 Å². The summed E-state index contributed by atoms with van der Waals surface area (Å²) in [7, 11) is -3.50. The fourth-order valence-electron chi connectivity index (χ4n) is 2.03. The molecule has 1 atom stereocenters. The SMILES string of the molecule is CCC(O)c1cccc(S(=O)(=O)NCC2(SC)CC2)c1. The van der Waals surface area contributed by atoms with Gasteiger partial charge in [0.05, 0.1) is 11.0 Å². The third kappa shape index (κ3) is 3.55. The Labute approximate surface area is 125 Å². The fourth-order valence-corrected chi connectivity index (χ4v) is 4.03. The maximum atomic E-state index is 12.3. The largest absolute Gasteiger partial charge is 0.388 e. The Balaban J connectivity index is 2.13. The van der Waals surface area contributed by atoms with Gasteiger partial charge in [-0.1, -0.05) is 19.1 Å². The van der Waals surface area contributed by atoms with E-state index in [9.17, 15) is 13.5 Å². The first-order valence-electron chi connectivity index (χ1n) is 6.75. The maximum Gasteiger partial charge on any atom is 0.240 e. The van der Waals surface area contributed by atoms with Crippen LogP contribution in [0.2, 0.25) is 0 Å². The minimum absolute atomic E-state index is 0.0909. The van der Waals surface area contributed by atoms with Gasteiger partial charge in [-0.05, 0) is 43.2 Å². The van der Waals surface area contributed by atoms with Crippen LogP contribution in [0.1, 0.15) is 37.9 Å². The number of sulfonamides is 1. The Morgan fingerprint density at radius 2 is 2.15 bits per heavy atom. The van der Waals surface area contributed by atoms with Crippen molar-refractivity contribution in [2.24, 2.45) is 0 Å². The van der Waals surface area contributed by atoms with Crippen molar-refractivity contribution >= 4 is 21.8 Å². The molecule has 1 fully saturated rings. The lowest BCUT2D eigenvalue weighted by atomic mass is 10.1. The molecule has 0 aromatic heterocycles. The lowest BCUT2D eigenvalue weighted by Crippen LogP contribution is -2.31. The van der Waals surface area contributed by atoms with Crippen LogP contribution in [0.4, 0.5) is 0 Å². The summed E-state index contributed by atoms with van der Waals surface area (Å²) in [6.45, 7) is 2.33. The van der Waals surface area contributed by atoms with Gasteiger partial charge in [0.25, 0.3) is 0 Å². The minimum Gasteiger partial charge on any atom is -0.388 e. The molecule has 1 saturated carbocycles. The quantitative estimate of drug-likeness (QED) is 0.810. The molecular weight excluding hydrogens is 294 g/mol. The topological polar surface area (TPSA) is 66.4 Å². The van der Waals surface area contributed by atoms with Gasteiger partial charge in [-0.25, -0.2) is 13.1 Å². The van der Waals surface area contributed by atoms with E-state index < -0.39 is 16.1 Å². The van der Waals surface area contributed by atoms with Crippen LogP contribution in [0, 0.1) is 0 Å². The minimum atomic E-state index is -3.50. The number of aliphatic hydroxyl groups excluding tert-OH is 1. The number of hydrogen-bond donors (Lipinski definition) is 2. The number of aliphatic hydroxyl groups is 1. The van der Waals surface area contributed by atoms with Crippen molar-refractivity contribution < 1.29 is 13.5 Å². The summed E-state index contributed by atoms with van der Waals surface area (Å²) in [5.41, 5.74) is 0.640. The van der Waals surface area contributed by atoms with Gasteiger partial charge < -0.3 is 5.11 Å². The predicted molar refractivity (Wildman–Crippen MR) is 82.4 cm³/mol. The molecule has 1 aromatic carbocycles. The fraction of sp³-hybridized carbons (Fsp3) is 0.571. The number of hydrogen-bond acceptors (Lipinski definition) is 4. The molecule has 4 nitrogen and oxygen atoms in total. The smallest absolute Gasteiger partial charge is 0.240 e. The molecule has 1 aliphatic rings. The van der Waals surface area contributed by atoms with E-state index >= 15 is 0 Å². The average Bonchev–Trinajstić information content (AvgIpc) is 3.25. The zero-order valence-electron chi connectivity index (χ0n) is 11.8. The van der Waals surface area contributed by atoms with Crippen LogP contribution in [0.25, 0.3) is 0 Å². The first-order valence-corrected chi connectivity index (χ1v) is 9.46. The van der Waals surface area contributed by atoms with Crippen molar-refractivity contribution in [1.82, 2.24) is 4.72 Å². The monoisotopic (exact) mass is 315 g/mol. The molecule has 0 radical (unpaired) electrons. The van der Waals surface area contributed by atoms with Crippen molar-refractivity contribution in [3.05, 3.63) is 29.8 Å². The summed E-state index contributed by atoms with van der Waals surface area (Å²) >= 11 is 1.72. The van der Waals surface area contributed by atoms with Gasteiger partial charge in [-0.15, -0.1) is 0 Å². The van der Waals surface area contributed by atoms with Gasteiger partial charge >= 0.3 is 0 Å². The highest BCUT2D eigenvalue weighted by Crippen LogP contribution is 2.46. The van der Waals surface area contributed by atoms with Crippen molar-refractivity contribution in [3.63, 3.8) is 0 Å². The van der Waals surface area contributed by atoms with Crippen LogP contribution >= 0.6 is 11.8 Å². The van der Waals surface area contributed by atoms with Crippen LogP contribution in [-0.2, 0) is 10.0 Å². The number of benzene rings is 1. The van der Waals surface area contributed by atoms with Gasteiger partial charge in [0.15, 0.2) is 0 Å². The first-order chi connectivity index (χ1) is 9.42. The lowest BCUT2D eigenvalue weighted by molar-refractivity contribution is 0.173. The van der Waals surface area contributed by atoms with E-state index in [0.29, 0.717) is 18.5 Å². The number of nitrogens with one attached hydrogen (secondary N) is 1. The molecule has 1 unspecified atom stereocenters. The van der Waals surface area contributed by atoms with Crippen LogP contribution in [0.3, 0.4) is 0 Å². The second-order valence-electron chi connectivity index (χ2n) is 5.21. The molecule has 20 heavy (non-hydrogen) atoms. The third-order valence-corrected chi connectivity index (χ3v) is 6.58. The van der Waals surface area contributed by atoms with Crippen molar-refractivity contribution in [2.75, 3.05) is 12.8 Å². The molecule has 0 spiro atoms. The predicted octanol–water partition coefficient (Wildman–Crippen LogP) is 2.30. The van der Waals surface area contributed by atoms with Crippen LogP contribution in [-0.4, -0.2) is 31.1 Å². The molecule has 0 saturated heterocycles. The highest BCUT2D eigenvalue weighted by molar-refractivity contribution is 8.00. The first kappa shape index (κ1) is 15.8. The molecule has 6 heteroatoms. The van der Waals surface area contributed by atoms with Gasteiger partial charge in [0, 0.05) is 11.3 Å². The summed E-state index contributed by atoms with van der Waals surface area (Å²) in [6, 6.07) is 6.53. The van der Waals surface area contributed by atoms with Gasteiger partial charge in [0.2, 0.25) is 10.0 Å². The maximum absolute atomic E-state index is 12.3. The lowest BCUT2D eigenvalue weighted by Gasteiger charge is -2.14. The highest BCUT2D eigenvalue weighted by Gasteiger charge is 2.42. The average molecular weight is 315 g/mol. The molecule has 0 heterocycles. The molecule has 1 aliphatic carbocycles. The van der Waals surface area contributed by atoms with Gasteiger partial charge in [0.1, 0.15) is 0 Å². The third-order valence-electron chi connectivity index (χ3n) is 3.76. The van der Waals surface area contributed by atoms with Crippen LogP contribution in [0.15, 0.2) is 29.2 Å². The molecule has 112 valence electrons. The van der Waals surface area contributed by atoms with Crippen LogP contribution < -0.4 is 4.72 Å². The standard InChI is InChI=1S/C14H21NO3S2/c1-3-13(16)11-5-4-6-12(9-11)20(17,18)15-10-14(19-2)7-8-14/h4-6,9,13,15-16H,3,7-8,10H2,1-2H3. The second kappa shape index (κ2) is 6.05. The Hall–Kier alpha value is -0.560. The van der Waals surface area contributed by atoms with E-state index in [1.807, 2.05) is 13.2 Å². The van der Waals surface area contributed by atoms with E-state index in [0.717, 1.165) is 12.8 Å². The second-order valence-corrected chi connectivity index (χ2v) is 8.25. The van der Waals surface area contributed by atoms with Crippen molar-refractivity contribution in [3.8, 4) is 0 Å². The number of thioether (sulfide) groups is 1. The van der Waals surface area contributed by atoms with Crippen LogP contribution in [0.5, 0.6) is 0 Å². The van der Waals surface area contributed by atoms with Gasteiger partial charge in [-0.2, -0.15) is 11.8 Å². The zero-order chi connectivity index (χ0) is 14.8. The molecular formula is C14H21NO3S2. The normalized spacial score (nSPS) is 18.8. The van der Waals surface area contributed by atoms with E-state index in [1.165, 1.54) is 0 Å². The van der Waals surface area contributed by atoms with Crippen molar-refractivity contribution in [2.45, 2.75) is 41.9 Å². The van der Waals surface area contributed by atoms with Gasteiger partial charge in [-0.3, -0.25) is 0 Å². The number of rotatable bonds is 7. The summed E-state index contributed by atoms with van der Waals surface area (Å²) in [5.74, 6) is 0. The summed E-state index contributed by atoms with van der Waals surface area (Å²) in [6.07, 6.45) is 4.08. The molecule has 2 N–H and O–H groups in total. The Bertz CT molecular complexity index is 568. The Morgan fingerprint density at radius 1 is 1.45 bits per heavy atom. The molecule has 0 bridgehead atoms. The van der Waals surface area contributed by atoms with E-state index in [4.69, 9.17) is 0 Å². The summed E-state index contributed by atoms with van der Waals surface area (Å²) in [5, 5.41) is 9.81. The Kier molecular flexibility index (Phi) is 4.79. The molecule has 1 aromatic rings. The molecule has 0 amide bonds. The summed E-state index contributed by atoms with van der Waals surface area (Å²) < 4.78 is 27.3. The molecule has 2 rings (SSSR count). The zero-order valence-corrected chi connectivity index (χ0v) is 13.4. The summed E-state index contributed by atoms with van der Waals surface area (Å²) in [4.78, 5) is 0.222. The van der Waals surface area contributed by atoms with Crippen molar-refractivity contribution in [1.29, 1.82) is 0 Å². The Morgan fingerprint density at radius 3 is 2.70 bits per heavy atom. The highest BCUT2D eigenvalue weighted by atomic mass is 32.2. The molecule has 0 aliphatic heterocycles. The van der Waals surface area contributed by atoms with E-state index in [-0.39, 0.29) is 9.64 Å². The van der Waals surface area contributed by atoms with E-state index in [1.54, 1.807) is 36.0 Å².